The number of benzene rings is 1. The Morgan fingerprint density at radius 1 is 1.39 bits per heavy atom. The molecule has 1 fully saturated rings. The Bertz CT molecular complexity index is 405. The van der Waals surface area contributed by atoms with Crippen molar-refractivity contribution in [2.24, 2.45) is 0 Å². The average molecular weight is 250 g/mol. The van der Waals surface area contributed by atoms with Gasteiger partial charge in [-0.3, -0.25) is 4.90 Å². The summed E-state index contributed by atoms with van der Waals surface area (Å²) in [5.74, 6) is 0.284. The molecular weight excluding hydrogens is 228 g/mol. The zero-order chi connectivity index (χ0) is 13.1. The van der Waals surface area contributed by atoms with E-state index in [1.165, 1.54) is 6.07 Å². The van der Waals surface area contributed by atoms with Crippen molar-refractivity contribution in [3.8, 4) is 11.5 Å². The molecule has 3 N–H and O–H groups in total. The predicted molar refractivity (Wildman–Crippen MR) is 71.8 cm³/mol. The van der Waals surface area contributed by atoms with E-state index >= 15 is 0 Å². The second-order valence-electron chi connectivity index (χ2n) is 4.97. The van der Waals surface area contributed by atoms with Gasteiger partial charge in [-0.05, 0) is 26.0 Å². The molecule has 1 heterocycles. The molecule has 1 aromatic carbocycles. The Kier molecular flexibility index (Phi) is 4.09. The van der Waals surface area contributed by atoms with E-state index in [4.69, 9.17) is 0 Å². The second kappa shape index (κ2) is 5.59. The van der Waals surface area contributed by atoms with E-state index in [-0.39, 0.29) is 17.5 Å². The molecule has 1 aliphatic heterocycles. The van der Waals surface area contributed by atoms with Gasteiger partial charge >= 0.3 is 0 Å². The zero-order valence-corrected chi connectivity index (χ0v) is 11.1. The third-order valence-electron chi connectivity index (χ3n) is 3.67. The molecule has 1 atom stereocenters. The van der Waals surface area contributed by atoms with Crippen molar-refractivity contribution in [1.29, 1.82) is 0 Å². The minimum absolute atomic E-state index is 0.107. The van der Waals surface area contributed by atoms with Gasteiger partial charge in [0.05, 0.1) is 0 Å². The van der Waals surface area contributed by atoms with E-state index in [2.05, 4.69) is 24.1 Å². The van der Waals surface area contributed by atoms with E-state index in [0.717, 1.165) is 31.6 Å². The third-order valence-corrected chi connectivity index (χ3v) is 3.67. The lowest BCUT2D eigenvalue weighted by Gasteiger charge is -2.42. The molecule has 0 bridgehead atoms. The summed E-state index contributed by atoms with van der Waals surface area (Å²) in [6.07, 6.45) is 1.10. The largest absolute Gasteiger partial charge is 0.508 e. The summed E-state index contributed by atoms with van der Waals surface area (Å²) in [7, 11) is 0. The van der Waals surface area contributed by atoms with Crippen molar-refractivity contribution >= 4 is 0 Å². The van der Waals surface area contributed by atoms with Crippen LogP contribution in [0.15, 0.2) is 18.2 Å². The molecule has 0 aliphatic carbocycles. The number of phenolic OH excluding ortho intramolecular Hbond substituents is 2. The maximum Gasteiger partial charge on any atom is 0.124 e. The first-order valence-corrected chi connectivity index (χ1v) is 6.61. The van der Waals surface area contributed by atoms with Crippen LogP contribution < -0.4 is 5.32 Å². The standard InChI is InChI=1S/C14H22N2O2/c1-3-6-16(11-8-15-9-11)10(2)13-5-4-12(17)7-14(13)18/h4-5,7,10-11,15,17-18H,3,6,8-9H2,1-2H3. The Morgan fingerprint density at radius 2 is 2.11 bits per heavy atom. The van der Waals surface area contributed by atoms with Crippen LogP contribution >= 0.6 is 0 Å². The molecule has 2 rings (SSSR count). The Hall–Kier alpha value is -1.26. The van der Waals surface area contributed by atoms with Crippen molar-refractivity contribution in [3.05, 3.63) is 23.8 Å². The number of rotatable bonds is 5. The number of nitrogens with one attached hydrogen (secondary N) is 1. The van der Waals surface area contributed by atoms with Crippen molar-refractivity contribution in [1.82, 2.24) is 10.2 Å². The molecule has 100 valence electrons. The zero-order valence-electron chi connectivity index (χ0n) is 11.1. The number of nitrogens with zero attached hydrogens (tertiary/aromatic N) is 1. The summed E-state index contributed by atoms with van der Waals surface area (Å²) in [6.45, 7) is 7.34. The molecule has 0 radical (unpaired) electrons. The van der Waals surface area contributed by atoms with Crippen LogP contribution in [0.5, 0.6) is 11.5 Å². The van der Waals surface area contributed by atoms with E-state index in [1.54, 1.807) is 6.07 Å². The van der Waals surface area contributed by atoms with E-state index in [0.29, 0.717) is 6.04 Å². The van der Waals surface area contributed by atoms with E-state index < -0.39 is 0 Å². The fourth-order valence-corrected chi connectivity index (χ4v) is 2.52. The lowest BCUT2D eigenvalue weighted by Crippen LogP contribution is -2.57. The first kappa shape index (κ1) is 13.2. The summed E-state index contributed by atoms with van der Waals surface area (Å²) in [5.41, 5.74) is 0.883. The van der Waals surface area contributed by atoms with Crippen LogP contribution in [0.25, 0.3) is 0 Å². The van der Waals surface area contributed by atoms with Gasteiger partial charge in [0.1, 0.15) is 11.5 Å². The highest BCUT2D eigenvalue weighted by Crippen LogP contribution is 2.32. The number of phenols is 2. The maximum atomic E-state index is 9.95. The number of hydrogen-bond donors (Lipinski definition) is 3. The van der Waals surface area contributed by atoms with Crippen LogP contribution in [0.4, 0.5) is 0 Å². The first-order valence-electron chi connectivity index (χ1n) is 6.61. The van der Waals surface area contributed by atoms with Crippen LogP contribution in [-0.4, -0.2) is 40.8 Å². The molecular formula is C14H22N2O2. The number of aromatic hydroxyl groups is 2. The first-order chi connectivity index (χ1) is 8.63. The average Bonchev–Trinajstić information content (AvgIpc) is 2.25. The molecule has 4 nitrogen and oxygen atoms in total. The molecule has 0 amide bonds. The van der Waals surface area contributed by atoms with Crippen LogP contribution in [-0.2, 0) is 0 Å². The SMILES string of the molecule is CCCN(C1CNC1)C(C)c1ccc(O)cc1O. The number of hydrogen-bond acceptors (Lipinski definition) is 4. The van der Waals surface area contributed by atoms with Gasteiger partial charge in [0.25, 0.3) is 0 Å². The smallest absolute Gasteiger partial charge is 0.124 e. The molecule has 4 heteroatoms. The fourth-order valence-electron chi connectivity index (χ4n) is 2.52. The quantitative estimate of drug-likeness (QED) is 0.746. The summed E-state index contributed by atoms with van der Waals surface area (Å²) in [5, 5.41) is 22.6. The molecule has 1 aliphatic rings. The van der Waals surface area contributed by atoms with Crippen molar-refractivity contribution in [3.63, 3.8) is 0 Å². The molecule has 18 heavy (non-hydrogen) atoms. The van der Waals surface area contributed by atoms with Crippen molar-refractivity contribution < 1.29 is 10.2 Å². The Morgan fingerprint density at radius 3 is 2.61 bits per heavy atom. The highest BCUT2D eigenvalue weighted by Gasteiger charge is 2.29. The molecule has 1 aromatic rings. The maximum absolute atomic E-state index is 9.95. The Labute approximate surface area is 108 Å². The van der Waals surface area contributed by atoms with Crippen LogP contribution in [0, 0.1) is 0 Å². The van der Waals surface area contributed by atoms with Gasteiger partial charge in [-0.1, -0.05) is 13.0 Å². The summed E-state index contributed by atoms with van der Waals surface area (Å²) >= 11 is 0. The minimum Gasteiger partial charge on any atom is -0.508 e. The van der Waals surface area contributed by atoms with Gasteiger partial charge in [-0.25, -0.2) is 0 Å². The van der Waals surface area contributed by atoms with Crippen LogP contribution in [0.1, 0.15) is 31.9 Å². The summed E-state index contributed by atoms with van der Waals surface area (Å²) in [6, 6.07) is 5.57. The summed E-state index contributed by atoms with van der Waals surface area (Å²) in [4.78, 5) is 2.42. The van der Waals surface area contributed by atoms with E-state index in [1.807, 2.05) is 6.07 Å². The van der Waals surface area contributed by atoms with Crippen molar-refractivity contribution in [2.45, 2.75) is 32.4 Å². The lowest BCUT2D eigenvalue weighted by atomic mass is 10.0. The highest BCUT2D eigenvalue weighted by molar-refractivity contribution is 5.40. The monoisotopic (exact) mass is 250 g/mol. The van der Waals surface area contributed by atoms with Gasteiger partial charge in [0.15, 0.2) is 0 Å². The van der Waals surface area contributed by atoms with Gasteiger partial charge < -0.3 is 15.5 Å². The van der Waals surface area contributed by atoms with Crippen molar-refractivity contribution in [2.75, 3.05) is 19.6 Å². The van der Waals surface area contributed by atoms with Gasteiger partial charge in [0, 0.05) is 36.8 Å². The molecule has 0 aromatic heterocycles. The van der Waals surface area contributed by atoms with Crippen LogP contribution in [0.3, 0.4) is 0 Å². The third kappa shape index (κ3) is 2.60. The molecule has 1 saturated heterocycles. The van der Waals surface area contributed by atoms with Crippen LogP contribution in [0.2, 0.25) is 0 Å². The minimum atomic E-state index is 0.107. The predicted octanol–water partition coefficient (Wildman–Crippen LogP) is 1.84. The summed E-state index contributed by atoms with van der Waals surface area (Å²) < 4.78 is 0. The Balaban J connectivity index is 2.18. The molecule has 0 spiro atoms. The topological polar surface area (TPSA) is 55.7 Å². The fraction of sp³-hybridized carbons (Fsp3) is 0.571. The molecule has 1 unspecified atom stereocenters. The second-order valence-corrected chi connectivity index (χ2v) is 4.97. The lowest BCUT2D eigenvalue weighted by molar-refractivity contribution is 0.101. The van der Waals surface area contributed by atoms with Gasteiger partial charge in [-0.15, -0.1) is 0 Å². The molecule has 0 saturated carbocycles. The van der Waals surface area contributed by atoms with Gasteiger partial charge in [-0.2, -0.15) is 0 Å². The normalized spacial score (nSPS) is 17.7. The van der Waals surface area contributed by atoms with Gasteiger partial charge in [0.2, 0.25) is 0 Å². The van der Waals surface area contributed by atoms with E-state index in [9.17, 15) is 10.2 Å². The highest BCUT2D eigenvalue weighted by atomic mass is 16.3.